The Kier molecular flexibility index (Phi) is 5.97. The molecule has 5 nitrogen and oxygen atoms in total. The van der Waals surface area contributed by atoms with E-state index in [-0.39, 0.29) is 11.9 Å². The Balaban J connectivity index is 1.50. The number of rotatable bonds is 6. The fraction of sp³-hybridized carbons (Fsp3) is 0.304. The Labute approximate surface area is 176 Å². The van der Waals surface area contributed by atoms with Gasteiger partial charge in [-0.2, -0.15) is 5.10 Å². The molecule has 3 aromatic rings. The molecular weight excluding hydrogens is 384 g/mol. The Bertz CT molecular complexity index is 980. The minimum atomic E-state index is -0.158. The number of aromatic nitrogens is 2. The number of amides is 1. The zero-order chi connectivity index (χ0) is 20.2. The molecule has 29 heavy (non-hydrogen) atoms. The SMILES string of the molecule is Cc1cc(C(=O)NCC(c2cccc(Cl)c2)N2CCCC2)nn1-c1ccccc1. The van der Waals surface area contributed by atoms with E-state index in [9.17, 15) is 4.79 Å². The average molecular weight is 409 g/mol. The summed E-state index contributed by atoms with van der Waals surface area (Å²) in [6, 6.07) is 19.7. The normalized spacial score (nSPS) is 15.4. The maximum atomic E-state index is 12.8. The molecule has 1 aliphatic rings. The quantitative estimate of drug-likeness (QED) is 0.657. The van der Waals surface area contributed by atoms with Crippen molar-refractivity contribution in [1.29, 1.82) is 0 Å². The van der Waals surface area contributed by atoms with Gasteiger partial charge >= 0.3 is 0 Å². The largest absolute Gasteiger partial charge is 0.349 e. The predicted octanol–water partition coefficient (Wildman–Crippen LogP) is 4.40. The number of nitrogens with one attached hydrogen (secondary N) is 1. The van der Waals surface area contributed by atoms with Crippen LogP contribution in [0.1, 0.15) is 40.6 Å². The summed E-state index contributed by atoms with van der Waals surface area (Å²) < 4.78 is 1.80. The Hall–Kier alpha value is -2.63. The lowest BCUT2D eigenvalue weighted by Crippen LogP contribution is -2.37. The summed E-state index contributed by atoms with van der Waals surface area (Å²) >= 11 is 6.21. The van der Waals surface area contributed by atoms with E-state index in [1.165, 1.54) is 12.8 Å². The van der Waals surface area contributed by atoms with E-state index in [1.807, 2.05) is 61.5 Å². The van der Waals surface area contributed by atoms with Gasteiger partial charge in [0.25, 0.3) is 5.91 Å². The molecule has 6 heteroatoms. The predicted molar refractivity (Wildman–Crippen MR) is 116 cm³/mol. The lowest BCUT2D eigenvalue weighted by Gasteiger charge is -2.28. The number of hydrogen-bond acceptors (Lipinski definition) is 3. The summed E-state index contributed by atoms with van der Waals surface area (Å²) in [5, 5.41) is 8.32. The summed E-state index contributed by atoms with van der Waals surface area (Å²) in [6.45, 7) is 4.55. The number of carbonyl (C=O) groups excluding carboxylic acids is 1. The highest BCUT2D eigenvalue weighted by Gasteiger charge is 2.25. The van der Waals surface area contributed by atoms with Crippen LogP contribution >= 0.6 is 11.6 Å². The topological polar surface area (TPSA) is 50.2 Å². The second kappa shape index (κ2) is 8.80. The van der Waals surface area contributed by atoms with Crippen molar-refractivity contribution in [2.75, 3.05) is 19.6 Å². The van der Waals surface area contributed by atoms with Crippen LogP contribution in [0, 0.1) is 6.92 Å². The molecule has 150 valence electrons. The molecule has 4 rings (SSSR count). The number of benzene rings is 2. The molecule has 1 saturated heterocycles. The van der Waals surface area contributed by atoms with Gasteiger partial charge in [0.2, 0.25) is 0 Å². The van der Waals surface area contributed by atoms with Crippen LogP contribution in [-0.2, 0) is 0 Å². The molecular formula is C23H25ClN4O. The maximum Gasteiger partial charge on any atom is 0.271 e. The van der Waals surface area contributed by atoms with E-state index in [1.54, 1.807) is 4.68 Å². The van der Waals surface area contributed by atoms with Gasteiger partial charge in [-0.3, -0.25) is 9.69 Å². The fourth-order valence-electron chi connectivity index (χ4n) is 3.92. The van der Waals surface area contributed by atoms with E-state index >= 15 is 0 Å². The first-order valence-electron chi connectivity index (χ1n) is 10.0. The molecule has 0 radical (unpaired) electrons. The highest BCUT2D eigenvalue weighted by Crippen LogP contribution is 2.26. The van der Waals surface area contributed by atoms with Crippen LogP contribution in [0.15, 0.2) is 60.7 Å². The van der Waals surface area contributed by atoms with Gasteiger partial charge in [0.15, 0.2) is 5.69 Å². The number of hydrogen-bond donors (Lipinski definition) is 1. The molecule has 1 aliphatic heterocycles. The summed E-state index contributed by atoms with van der Waals surface area (Å²) in [5.74, 6) is -0.158. The van der Waals surface area contributed by atoms with Gasteiger partial charge < -0.3 is 5.32 Å². The standard InChI is InChI=1S/C23H25ClN4O/c1-17-14-21(26-28(17)20-10-3-2-4-11-20)23(29)25-16-22(27-12-5-6-13-27)18-8-7-9-19(24)15-18/h2-4,7-11,14-15,22H,5-6,12-13,16H2,1H3,(H,25,29). The second-order valence-corrected chi connectivity index (χ2v) is 7.88. The third-order valence-corrected chi connectivity index (χ3v) is 5.63. The minimum Gasteiger partial charge on any atom is -0.349 e. The van der Waals surface area contributed by atoms with E-state index in [0.717, 1.165) is 35.1 Å². The molecule has 2 heterocycles. The van der Waals surface area contributed by atoms with Gasteiger partial charge in [-0.1, -0.05) is 41.9 Å². The van der Waals surface area contributed by atoms with Crippen molar-refractivity contribution in [3.05, 3.63) is 82.6 Å². The van der Waals surface area contributed by atoms with Crippen molar-refractivity contribution in [3.8, 4) is 5.69 Å². The first-order valence-corrected chi connectivity index (χ1v) is 10.4. The summed E-state index contributed by atoms with van der Waals surface area (Å²) in [6.07, 6.45) is 2.37. The number of likely N-dealkylation sites (tertiary alicyclic amines) is 1. The molecule has 2 aromatic carbocycles. The number of carbonyl (C=O) groups is 1. The molecule has 1 N–H and O–H groups in total. The lowest BCUT2D eigenvalue weighted by molar-refractivity contribution is 0.0932. The molecule has 0 bridgehead atoms. The Morgan fingerprint density at radius 2 is 1.86 bits per heavy atom. The van der Waals surface area contributed by atoms with Crippen molar-refractivity contribution < 1.29 is 4.79 Å². The first-order chi connectivity index (χ1) is 14.1. The summed E-state index contributed by atoms with van der Waals surface area (Å²) in [4.78, 5) is 15.2. The fourth-order valence-corrected chi connectivity index (χ4v) is 4.12. The molecule has 1 atom stereocenters. The smallest absolute Gasteiger partial charge is 0.271 e. The lowest BCUT2D eigenvalue weighted by atomic mass is 10.1. The summed E-state index contributed by atoms with van der Waals surface area (Å²) in [5.41, 5.74) is 3.42. The number of aryl methyl sites for hydroxylation is 1. The summed E-state index contributed by atoms with van der Waals surface area (Å²) in [7, 11) is 0. The van der Waals surface area contributed by atoms with Gasteiger partial charge in [0.1, 0.15) is 0 Å². The van der Waals surface area contributed by atoms with E-state index in [0.29, 0.717) is 12.2 Å². The zero-order valence-electron chi connectivity index (χ0n) is 16.5. The van der Waals surface area contributed by atoms with Crippen molar-refractivity contribution >= 4 is 17.5 Å². The highest BCUT2D eigenvalue weighted by atomic mass is 35.5. The average Bonchev–Trinajstić information content (AvgIpc) is 3.39. The monoisotopic (exact) mass is 408 g/mol. The highest BCUT2D eigenvalue weighted by molar-refractivity contribution is 6.30. The number of halogens is 1. The Morgan fingerprint density at radius 3 is 2.59 bits per heavy atom. The van der Waals surface area contributed by atoms with Crippen molar-refractivity contribution in [2.45, 2.75) is 25.8 Å². The van der Waals surface area contributed by atoms with Crippen LogP contribution in [0.4, 0.5) is 0 Å². The minimum absolute atomic E-state index is 0.109. The molecule has 0 aliphatic carbocycles. The third kappa shape index (κ3) is 4.52. The van der Waals surface area contributed by atoms with Crippen molar-refractivity contribution in [1.82, 2.24) is 20.0 Å². The van der Waals surface area contributed by atoms with Crippen molar-refractivity contribution in [2.24, 2.45) is 0 Å². The maximum absolute atomic E-state index is 12.8. The van der Waals surface area contributed by atoms with E-state index in [4.69, 9.17) is 11.6 Å². The van der Waals surface area contributed by atoms with Crippen LogP contribution in [0.2, 0.25) is 5.02 Å². The Morgan fingerprint density at radius 1 is 1.10 bits per heavy atom. The van der Waals surface area contributed by atoms with Crippen LogP contribution in [0.25, 0.3) is 5.69 Å². The molecule has 0 spiro atoms. The van der Waals surface area contributed by atoms with Gasteiger partial charge in [0, 0.05) is 17.3 Å². The van der Waals surface area contributed by atoms with E-state index in [2.05, 4.69) is 21.4 Å². The van der Waals surface area contributed by atoms with Crippen LogP contribution < -0.4 is 5.32 Å². The van der Waals surface area contributed by atoms with Crippen LogP contribution in [-0.4, -0.2) is 40.2 Å². The third-order valence-electron chi connectivity index (χ3n) is 5.39. The van der Waals surface area contributed by atoms with Crippen LogP contribution in [0.3, 0.4) is 0 Å². The van der Waals surface area contributed by atoms with Crippen LogP contribution in [0.5, 0.6) is 0 Å². The second-order valence-electron chi connectivity index (χ2n) is 7.44. The van der Waals surface area contributed by atoms with Gasteiger partial charge in [-0.05, 0) is 68.8 Å². The molecule has 1 unspecified atom stereocenters. The van der Waals surface area contributed by atoms with E-state index < -0.39 is 0 Å². The molecule has 1 amide bonds. The first kappa shape index (κ1) is 19.7. The van der Waals surface area contributed by atoms with Crippen molar-refractivity contribution in [3.63, 3.8) is 0 Å². The van der Waals surface area contributed by atoms with Gasteiger partial charge in [0.05, 0.1) is 11.7 Å². The number of nitrogens with zero attached hydrogens (tertiary/aromatic N) is 3. The zero-order valence-corrected chi connectivity index (χ0v) is 17.3. The molecule has 1 aromatic heterocycles. The van der Waals surface area contributed by atoms with Gasteiger partial charge in [-0.25, -0.2) is 4.68 Å². The molecule has 0 saturated carbocycles. The number of para-hydroxylation sites is 1. The molecule has 1 fully saturated rings. The van der Waals surface area contributed by atoms with Gasteiger partial charge in [-0.15, -0.1) is 0 Å².